The minimum absolute atomic E-state index is 0.0758. The zero-order valence-electron chi connectivity index (χ0n) is 13.1. The number of carbonyl (C=O) groups is 1. The molecule has 0 saturated carbocycles. The van der Waals surface area contributed by atoms with Crippen LogP contribution >= 0.6 is 0 Å². The second-order valence-electron chi connectivity index (χ2n) is 5.44. The van der Waals surface area contributed by atoms with Gasteiger partial charge < -0.3 is 4.74 Å². The molecule has 0 amide bonds. The molecule has 0 spiro atoms. The fourth-order valence-electron chi connectivity index (χ4n) is 2.45. The molecule has 1 aromatic carbocycles. The number of esters is 1. The van der Waals surface area contributed by atoms with E-state index >= 15 is 0 Å². The van der Waals surface area contributed by atoms with Crippen molar-refractivity contribution in [1.29, 1.82) is 0 Å². The minimum atomic E-state index is -0.104. The highest BCUT2D eigenvalue weighted by Gasteiger charge is 2.15. The Bertz CT molecular complexity index is 368. The molecule has 0 aliphatic rings. The van der Waals surface area contributed by atoms with E-state index in [1.54, 1.807) is 0 Å². The Morgan fingerprint density at radius 2 is 1.65 bits per heavy atom. The monoisotopic (exact) mass is 276 g/mol. The van der Waals surface area contributed by atoms with Gasteiger partial charge in [0.1, 0.15) is 6.10 Å². The van der Waals surface area contributed by atoms with Crippen molar-refractivity contribution in [2.45, 2.75) is 65.4 Å². The first-order chi connectivity index (χ1) is 9.69. The lowest BCUT2D eigenvalue weighted by Gasteiger charge is -2.19. The number of benzene rings is 1. The van der Waals surface area contributed by atoms with Crippen LogP contribution in [0.4, 0.5) is 0 Å². The third-order valence-corrected chi connectivity index (χ3v) is 4.00. The van der Waals surface area contributed by atoms with Crippen molar-refractivity contribution in [3.63, 3.8) is 0 Å². The molecule has 1 rings (SSSR count). The van der Waals surface area contributed by atoms with Gasteiger partial charge in [0, 0.05) is 0 Å². The van der Waals surface area contributed by atoms with E-state index in [0.717, 1.165) is 30.7 Å². The van der Waals surface area contributed by atoms with Gasteiger partial charge in [-0.25, -0.2) is 0 Å². The molecule has 1 aromatic rings. The lowest BCUT2D eigenvalue weighted by molar-refractivity contribution is -0.148. The zero-order valence-corrected chi connectivity index (χ0v) is 13.1. The number of ether oxygens (including phenoxy) is 1. The number of hydrogen-bond donors (Lipinski definition) is 0. The Labute approximate surface area is 123 Å². The Morgan fingerprint density at radius 1 is 1.00 bits per heavy atom. The largest absolute Gasteiger partial charge is 0.462 e. The first kappa shape index (κ1) is 16.7. The highest BCUT2D eigenvalue weighted by molar-refractivity contribution is 5.72. The van der Waals surface area contributed by atoms with E-state index in [-0.39, 0.29) is 12.1 Å². The van der Waals surface area contributed by atoms with Gasteiger partial charge in [0.25, 0.3) is 0 Å². The molecular weight excluding hydrogens is 248 g/mol. The normalized spacial score (nSPS) is 12.4. The Hall–Kier alpha value is -1.31. The van der Waals surface area contributed by atoms with Crippen molar-refractivity contribution in [2.24, 2.45) is 5.92 Å². The lowest BCUT2D eigenvalue weighted by atomic mass is 9.95. The smallest absolute Gasteiger partial charge is 0.310 e. The van der Waals surface area contributed by atoms with E-state index in [9.17, 15) is 4.79 Å². The molecule has 0 bridgehead atoms. The first-order valence-corrected chi connectivity index (χ1v) is 7.92. The molecule has 2 heteroatoms. The third kappa shape index (κ3) is 6.23. The van der Waals surface area contributed by atoms with Crippen molar-refractivity contribution in [3.8, 4) is 0 Å². The van der Waals surface area contributed by atoms with Crippen LogP contribution in [0.25, 0.3) is 0 Å². The van der Waals surface area contributed by atoms with E-state index in [0.29, 0.717) is 6.42 Å². The fraction of sp³-hybridized carbons (Fsp3) is 0.611. The van der Waals surface area contributed by atoms with Crippen molar-refractivity contribution >= 4 is 5.97 Å². The molecule has 0 aromatic heterocycles. The molecule has 1 unspecified atom stereocenters. The van der Waals surface area contributed by atoms with Crippen molar-refractivity contribution < 1.29 is 9.53 Å². The average Bonchev–Trinajstić information content (AvgIpc) is 2.48. The van der Waals surface area contributed by atoms with Crippen molar-refractivity contribution in [1.82, 2.24) is 0 Å². The van der Waals surface area contributed by atoms with Crippen LogP contribution in [-0.4, -0.2) is 12.1 Å². The van der Waals surface area contributed by atoms with Gasteiger partial charge in [0.05, 0.1) is 6.42 Å². The van der Waals surface area contributed by atoms with E-state index in [4.69, 9.17) is 4.74 Å². The lowest BCUT2D eigenvalue weighted by Crippen LogP contribution is -2.20. The minimum Gasteiger partial charge on any atom is -0.462 e. The summed E-state index contributed by atoms with van der Waals surface area (Å²) in [5, 5.41) is 0. The van der Waals surface area contributed by atoms with E-state index in [2.05, 4.69) is 20.8 Å². The van der Waals surface area contributed by atoms with Gasteiger partial charge in [-0.05, 0) is 30.7 Å². The van der Waals surface area contributed by atoms with Crippen molar-refractivity contribution in [2.75, 3.05) is 0 Å². The van der Waals surface area contributed by atoms with Crippen LogP contribution in [-0.2, 0) is 16.0 Å². The van der Waals surface area contributed by atoms with Crippen molar-refractivity contribution in [3.05, 3.63) is 35.9 Å². The molecule has 112 valence electrons. The van der Waals surface area contributed by atoms with Crippen LogP contribution in [0.3, 0.4) is 0 Å². The third-order valence-electron chi connectivity index (χ3n) is 4.00. The SMILES string of the molecule is CCC(CC)CCC(CC)OC(=O)Cc1ccccc1. The number of carbonyl (C=O) groups excluding carboxylic acids is 1. The molecule has 0 aliphatic carbocycles. The van der Waals surface area contributed by atoms with Gasteiger partial charge in [-0.15, -0.1) is 0 Å². The summed E-state index contributed by atoms with van der Waals surface area (Å²) >= 11 is 0. The van der Waals surface area contributed by atoms with Gasteiger partial charge in [-0.3, -0.25) is 4.79 Å². The molecule has 0 aliphatic heterocycles. The standard InChI is InChI=1S/C18H28O2/c1-4-15(5-2)12-13-17(6-3)20-18(19)14-16-10-8-7-9-11-16/h7-11,15,17H,4-6,12-14H2,1-3H3. The molecule has 0 fully saturated rings. The predicted octanol–water partition coefficient (Wildman–Crippen LogP) is 4.77. The summed E-state index contributed by atoms with van der Waals surface area (Å²) in [5.41, 5.74) is 1.02. The summed E-state index contributed by atoms with van der Waals surface area (Å²) in [5.74, 6) is 0.657. The van der Waals surface area contributed by atoms with Crippen LogP contribution in [0.1, 0.15) is 58.4 Å². The summed E-state index contributed by atoms with van der Waals surface area (Å²) in [4.78, 5) is 11.9. The highest BCUT2D eigenvalue weighted by Crippen LogP contribution is 2.19. The molecule has 0 heterocycles. The van der Waals surface area contributed by atoms with Crippen LogP contribution in [0.5, 0.6) is 0 Å². The molecule has 20 heavy (non-hydrogen) atoms. The summed E-state index contributed by atoms with van der Waals surface area (Å²) in [6.45, 7) is 6.56. The van der Waals surface area contributed by atoms with E-state index < -0.39 is 0 Å². The Kier molecular flexibility index (Phi) is 8.01. The molecule has 0 saturated heterocycles. The summed E-state index contributed by atoms with van der Waals surface area (Å²) in [7, 11) is 0. The molecular formula is C18H28O2. The maximum atomic E-state index is 11.9. The van der Waals surface area contributed by atoms with Crippen LogP contribution in [0.15, 0.2) is 30.3 Å². The molecule has 0 N–H and O–H groups in total. The van der Waals surface area contributed by atoms with Crippen LogP contribution in [0.2, 0.25) is 0 Å². The van der Waals surface area contributed by atoms with Gasteiger partial charge in [0.2, 0.25) is 0 Å². The Morgan fingerprint density at radius 3 is 2.20 bits per heavy atom. The summed E-state index contributed by atoms with van der Waals surface area (Å²) < 4.78 is 5.60. The maximum Gasteiger partial charge on any atom is 0.310 e. The molecule has 2 nitrogen and oxygen atoms in total. The maximum absolute atomic E-state index is 11.9. The first-order valence-electron chi connectivity index (χ1n) is 7.92. The van der Waals surface area contributed by atoms with E-state index in [1.807, 2.05) is 30.3 Å². The molecule has 0 radical (unpaired) electrons. The Balaban J connectivity index is 2.37. The van der Waals surface area contributed by atoms with Crippen LogP contribution < -0.4 is 0 Å². The second-order valence-corrected chi connectivity index (χ2v) is 5.44. The second kappa shape index (κ2) is 9.57. The van der Waals surface area contributed by atoms with Gasteiger partial charge >= 0.3 is 5.97 Å². The summed E-state index contributed by atoms with van der Waals surface area (Å²) in [6.07, 6.45) is 5.93. The van der Waals surface area contributed by atoms with Gasteiger partial charge in [0.15, 0.2) is 0 Å². The quantitative estimate of drug-likeness (QED) is 0.607. The van der Waals surface area contributed by atoms with E-state index in [1.165, 1.54) is 12.8 Å². The van der Waals surface area contributed by atoms with Gasteiger partial charge in [-0.1, -0.05) is 63.9 Å². The van der Waals surface area contributed by atoms with Crippen LogP contribution in [0, 0.1) is 5.92 Å². The topological polar surface area (TPSA) is 26.3 Å². The summed E-state index contributed by atoms with van der Waals surface area (Å²) in [6, 6.07) is 9.79. The van der Waals surface area contributed by atoms with Gasteiger partial charge in [-0.2, -0.15) is 0 Å². The zero-order chi connectivity index (χ0) is 14.8. The highest BCUT2D eigenvalue weighted by atomic mass is 16.5. The number of rotatable bonds is 9. The molecule has 1 atom stereocenters. The fourth-order valence-corrected chi connectivity index (χ4v) is 2.45. The number of hydrogen-bond acceptors (Lipinski definition) is 2. The predicted molar refractivity (Wildman–Crippen MR) is 83.6 cm³/mol. The average molecular weight is 276 g/mol.